The van der Waals surface area contributed by atoms with Gasteiger partial charge in [-0.15, -0.1) is 11.6 Å². The zero-order valence-corrected chi connectivity index (χ0v) is 16.5. The molecule has 0 unspecified atom stereocenters. The summed E-state index contributed by atoms with van der Waals surface area (Å²) < 4.78 is 6.06. The van der Waals surface area contributed by atoms with E-state index in [1.165, 1.54) is 5.39 Å². The van der Waals surface area contributed by atoms with Gasteiger partial charge in [0.25, 0.3) is 0 Å². The molecular formula is C22H18Cl2N2O2. The van der Waals surface area contributed by atoms with Crippen molar-refractivity contribution in [2.24, 2.45) is 0 Å². The first-order valence-corrected chi connectivity index (χ1v) is 9.78. The van der Waals surface area contributed by atoms with Crippen LogP contribution < -0.4 is 10.1 Å². The molecule has 0 atom stereocenters. The van der Waals surface area contributed by atoms with Gasteiger partial charge in [0, 0.05) is 23.6 Å². The Hall–Kier alpha value is -2.69. The summed E-state index contributed by atoms with van der Waals surface area (Å²) in [6.07, 6.45) is 1.85. The predicted octanol–water partition coefficient (Wildman–Crippen LogP) is 5.41. The number of aromatic amines is 1. The molecule has 142 valence electrons. The highest BCUT2D eigenvalue weighted by Crippen LogP contribution is 2.32. The number of hydrogen-bond donors (Lipinski definition) is 2. The smallest absolute Gasteiger partial charge is 0.235 e. The Bertz CT molecular complexity index is 1150. The van der Waals surface area contributed by atoms with Crippen LogP contribution in [-0.4, -0.2) is 16.8 Å². The van der Waals surface area contributed by atoms with Crippen LogP contribution >= 0.6 is 23.2 Å². The van der Waals surface area contributed by atoms with E-state index in [4.69, 9.17) is 27.9 Å². The number of amides is 1. The second kappa shape index (κ2) is 8.13. The molecule has 0 radical (unpaired) electrons. The molecule has 2 N–H and O–H groups in total. The number of nitrogens with one attached hydrogen (secondary N) is 2. The molecule has 0 aliphatic rings. The molecular weight excluding hydrogens is 395 g/mol. The summed E-state index contributed by atoms with van der Waals surface area (Å²) in [6, 6.07) is 18.1. The van der Waals surface area contributed by atoms with Gasteiger partial charge in [-0.1, -0.05) is 54.1 Å². The quantitative estimate of drug-likeness (QED) is 0.416. The molecule has 0 bridgehead atoms. The fourth-order valence-corrected chi connectivity index (χ4v) is 3.57. The van der Waals surface area contributed by atoms with E-state index in [-0.39, 0.29) is 11.8 Å². The third-order valence-corrected chi connectivity index (χ3v) is 5.22. The lowest BCUT2D eigenvalue weighted by Gasteiger charge is -2.11. The summed E-state index contributed by atoms with van der Waals surface area (Å²) in [6.45, 7) is 0.797. The molecule has 6 heteroatoms. The van der Waals surface area contributed by atoms with E-state index in [0.29, 0.717) is 23.9 Å². The summed E-state index contributed by atoms with van der Waals surface area (Å²) in [5.41, 5.74) is 2.93. The fraction of sp³-hybridized carbons (Fsp3) is 0.136. The van der Waals surface area contributed by atoms with Gasteiger partial charge in [-0.05, 0) is 34.0 Å². The second-order valence-corrected chi connectivity index (χ2v) is 7.15. The predicted molar refractivity (Wildman–Crippen MR) is 114 cm³/mol. The Balaban J connectivity index is 1.59. The molecule has 1 aromatic heterocycles. The highest BCUT2D eigenvalue weighted by atomic mass is 35.5. The Kier molecular flexibility index (Phi) is 5.42. The average molecular weight is 413 g/mol. The van der Waals surface area contributed by atoms with Gasteiger partial charge in [-0.2, -0.15) is 0 Å². The van der Waals surface area contributed by atoms with E-state index in [9.17, 15) is 4.79 Å². The Morgan fingerprint density at radius 2 is 1.86 bits per heavy atom. The molecule has 28 heavy (non-hydrogen) atoms. The van der Waals surface area contributed by atoms with Crippen molar-refractivity contribution in [1.82, 2.24) is 10.3 Å². The largest absolute Gasteiger partial charge is 0.487 e. The summed E-state index contributed by atoms with van der Waals surface area (Å²) in [4.78, 5) is 14.6. The number of ether oxygens (including phenoxy) is 1. The van der Waals surface area contributed by atoms with E-state index in [1.54, 1.807) is 0 Å². The van der Waals surface area contributed by atoms with Gasteiger partial charge in [0.2, 0.25) is 5.91 Å². The van der Waals surface area contributed by atoms with Crippen LogP contribution in [0.25, 0.3) is 21.7 Å². The van der Waals surface area contributed by atoms with Gasteiger partial charge >= 0.3 is 0 Å². The van der Waals surface area contributed by atoms with Crippen molar-refractivity contribution in [3.05, 3.63) is 76.9 Å². The Morgan fingerprint density at radius 1 is 1.04 bits per heavy atom. The van der Waals surface area contributed by atoms with Crippen molar-refractivity contribution in [3.63, 3.8) is 0 Å². The number of halogens is 2. The normalized spacial score (nSPS) is 11.1. The number of fused-ring (bicyclic) bond motifs is 2. The van der Waals surface area contributed by atoms with Crippen molar-refractivity contribution in [2.45, 2.75) is 13.2 Å². The number of alkyl halides is 1. The number of H-pyrrole nitrogens is 1. The molecule has 0 aliphatic heterocycles. The fourth-order valence-electron chi connectivity index (χ4n) is 3.25. The van der Waals surface area contributed by atoms with Gasteiger partial charge in [-0.3, -0.25) is 4.79 Å². The zero-order chi connectivity index (χ0) is 19.5. The first kappa shape index (κ1) is 18.7. The minimum Gasteiger partial charge on any atom is -0.487 e. The van der Waals surface area contributed by atoms with Crippen LogP contribution in [-0.2, 0) is 17.9 Å². The van der Waals surface area contributed by atoms with Crippen LogP contribution in [0, 0.1) is 0 Å². The molecule has 4 nitrogen and oxygen atoms in total. The third kappa shape index (κ3) is 3.79. The van der Waals surface area contributed by atoms with Crippen LogP contribution in [0.2, 0.25) is 5.02 Å². The van der Waals surface area contributed by atoms with Crippen LogP contribution in [0.4, 0.5) is 0 Å². The van der Waals surface area contributed by atoms with E-state index in [0.717, 1.165) is 27.4 Å². The maximum Gasteiger partial charge on any atom is 0.235 e. The van der Waals surface area contributed by atoms with Gasteiger partial charge in [0.1, 0.15) is 18.2 Å². The summed E-state index contributed by atoms with van der Waals surface area (Å²) in [5, 5.41) is 6.59. The summed E-state index contributed by atoms with van der Waals surface area (Å²) >= 11 is 12.0. The first-order valence-electron chi connectivity index (χ1n) is 8.87. The van der Waals surface area contributed by atoms with Gasteiger partial charge in [0.15, 0.2) is 0 Å². The lowest BCUT2D eigenvalue weighted by Crippen LogP contribution is -2.23. The number of aromatic nitrogens is 1. The summed E-state index contributed by atoms with van der Waals surface area (Å²) in [5.74, 6) is 0.331. The third-order valence-electron chi connectivity index (χ3n) is 4.68. The number of rotatable bonds is 6. The second-order valence-electron chi connectivity index (χ2n) is 6.48. The van der Waals surface area contributed by atoms with Gasteiger partial charge in [-0.25, -0.2) is 0 Å². The molecule has 4 aromatic rings. The maximum absolute atomic E-state index is 11.4. The van der Waals surface area contributed by atoms with Crippen LogP contribution in [0.3, 0.4) is 0 Å². The average Bonchev–Trinajstić information content (AvgIpc) is 3.11. The molecule has 3 aromatic carbocycles. The molecule has 0 aliphatic carbocycles. The van der Waals surface area contributed by atoms with E-state index < -0.39 is 0 Å². The van der Waals surface area contributed by atoms with Crippen molar-refractivity contribution in [1.29, 1.82) is 0 Å². The van der Waals surface area contributed by atoms with Gasteiger partial charge < -0.3 is 15.0 Å². The molecule has 0 fully saturated rings. The van der Waals surface area contributed by atoms with Crippen LogP contribution in [0.5, 0.6) is 5.75 Å². The molecule has 1 heterocycles. The number of benzene rings is 3. The monoisotopic (exact) mass is 412 g/mol. The minimum atomic E-state index is -0.211. The molecule has 0 saturated heterocycles. The van der Waals surface area contributed by atoms with Crippen molar-refractivity contribution in [2.75, 3.05) is 5.88 Å². The highest BCUT2D eigenvalue weighted by Gasteiger charge is 2.11. The molecule has 1 amide bonds. The standard InChI is InChI=1S/C22H18Cl2N2O2/c23-10-22(27)26-12-16-11-25-20-9-19(24)21(8-18(16)20)28-13-15-6-3-5-14-4-1-2-7-17(14)15/h1-9,11,25H,10,12-13H2,(H,26,27). The molecule has 0 spiro atoms. The van der Waals surface area contributed by atoms with E-state index in [2.05, 4.69) is 34.6 Å². The minimum absolute atomic E-state index is 0.0619. The highest BCUT2D eigenvalue weighted by molar-refractivity contribution is 6.32. The van der Waals surface area contributed by atoms with Gasteiger partial charge in [0.05, 0.1) is 5.02 Å². The SMILES string of the molecule is O=C(CCl)NCc1c[nH]c2cc(Cl)c(OCc3cccc4ccccc34)cc12. The Labute approximate surface area is 172 Å². The van der Waals surface area contributed by atoms with Crippen molar-refractivity contribution in [3.8, 4) is 5.75 Å². The number of carbonyl (C=O) groups is 1. The first-order chi connectivity index (χ1) is 13.7. The Morgan fingerprint density at radius 3 is 2.71 bits per heavy atom. The lowest BCUT2D eigenvalue weighted by molar-refractivity contribution is -0.118. The summed E-state index contributed by atoms with van der Waals surface area (Å²) in [7, 11) is 0. The van der Waals surface area contributed by atoms with E-state index >= 15 is 0 Å². The van der Waals surface area contributed by atoms with Crippen LogP contribution in [0.15, 0.2) is 60.8 Å². The molecule has 0 saturated carbocycles. The number of carbonyl (C=O) groups excluding carboxylic acids is 1. The van der Waals surface area contributed by atoms with Crippen molar-refractivity contribution < 1.29 is 9.53 Å². The van der Waals surface area contributed by atoms with Crippen molar-refractivity contribution >= 4 is 50.8 Å². The molecule has 4 rings (SSSR count). The number of hydrogen-bond acceptors (Lipinski definition) is 2. The lowest BCUT2D eigenvalue weighted by atomic mass is 10.1. The zero-order valence-electron chi connectivity index (χ0n) is 15.0. The van der Waals surface area contributed by atoms with Crippen LogP contribution in [0.1, 0.15) is 11.1 Å². The maximum atomic E-state index is 11.4. The van der Waals surface area contributed by atoms with E-state index in [1.807, 2.05) is 36.5 Å². The topological polar surface area (TPSA) is 54.1 Å².